The third-order valence-electron chi connectivity index (χ3n) is 10.5. The topological polar surface area (TPSA) is 256 Å². The monoisotopic (exact) mass is 950 g/mol. The molecule has 1 aliphatic carbocycles. The molecule has 16 nitrogen and oxygen atoms in total. The molecule has 0 aromatic heterocycles. The third-order valence-corrected chi connectivity index (χ3v) is 11.9. The number of esters is 2. The van der Waals surface area contributed by atoms with Gasteiger partial charge in [0.05, 0.1) is 38.1 Å². The minimum Gasteiger partial charge on any atom is -0.462 e. The summed E-state index contributed by atoms with van der Waals surface area (Å²) in [6.45, 7) is 1.27. The van der Waals surface area contributed by atoms with Gasteiger partial charge in [-0.2, -0.15) is 0 Å². The highest BCUT2D eigenvalue weighted by atomic mass is 31.2. The molecule has 370 valence electrons. The molecule has 0 radical (unpaired) electrons. The van der Waals surface area contributed by atoms with Gasteiger partial charge in [0.1, 0.15) is 12.7 Å². The molecule has 0 aromatic carbocycles. The van der Waals surface area contributed by atoms with Gasteiger partial charge in [-0.3, -0.25) is 23.2 Å². The molecule has 1 unspecified atom stereocenters. The predicted octanol–water partition coefficient (Wildman–Crippen LogP) is 8.39. The van der Waals surface area contributed by atoms with Crippen LogP contribution in [0.1, 0.15) is 149 Å². The van der Waals surface area contributed by atoms with Gasteiger partial charge < -0.3 is 44.6 Å². The van der Waals surface area contributed by atoms with Gasteiger partial charge in [-0.15, -0.1) is 0 Å². The summed E-state index contributed by atoms with van der Waals surface area (Å²) < 4.78 is 47.9. The average molecular weight is 951 g/mol. The van der Waals surface area contributed by atoms with Gasteiger partial charge in [0.25, 0.3) is 0 Å². The van der Waals surface area contributed by atoms with Gasteiger partial charge in [-0.1, -0.05) is 126 Å². The third kappa shape index (κ3) is 33.2. The van der Waals surface area contributed by atoms with Gasteiger partial charge in [-0.25, -0.2) is 9.13 Å². The van der Waals surface area contributed by atoms with E-state index < -0.39 is 84.5 Å². The van der Waals surface area contributed by atoms with E-state index in [4.69, 9.17) is 23.8 Å². The second-order valence-electron chi connectivity index (χ2n) is 16.3. The van der Waals surface area contributed by atoms with E-state index in [2.05, 4.69) is 71.5 Å². The van der Waals surface area contributed by atoms with E-state index in [0.717, 1.165) is 83.5 Å². The Kier molecular flexibility index (Phi) is 34.3. The molecule has 0 aromatic rings. The lowest BCUT2D eigenvalue weighted by Crippen LogP contribution is -2.30. The first-order valence-corrected chi connectivity index (χ1v) is 26.3. The highest BCUT2D eigenvalue weighted by Crippen LogP contribution is 2.44. The summed E-state index contributed by atoms with van der Waals surface area (Å²) in [7, 11) is -9.78. The summed E-state index contributed by atoms with van der Waals surface area (Å²) in [5.41, 5.74) is 0. The molecule has 7 N–H and O–H groups in total. The van der Waals surface area contributed by atoms with E-state index in [1.54, 1.807) is 6.08 Å². The quantitative estimate of drug-likeness (QED) is 0.0132. The van der Waals surface area contributed by atoms with Crippen LogP contribution in [0.15, 0.2) is 60.8 Å². The fourth-order valence-corrected chi connectivity index (χ4v) is 8.12. The SMILES string of the molecule is CC/C=C\C/C=C\C/C=C\C/C=C\CCCCCCC(=O)OC[C@H](COP(=O)(O)OC[C@@H](O)COP(=O)(O)O)OC(=O)CCCCCC[C@@H]1[C@@H](/C=C/[C@@H](O)CCCCC)[C@H](O)C[C@@H]1O. The number of carbonyl (C=O) groups is 2. The molecule has 0 amide bonds. The normalized spacial score (nSPS) is 20.8. The van der Waals surface area contributed by atoms with Crippen molar-refractivity contribution in [2.45, 2.75) is 179 Å². The molecular weight excluding hydrogens is 870 g/mol. The lowest BCUT2D eigenvalue weighted by atomic mass is 9.88. The zero-order valence-corrected chi connectivity index (χ0v) is 40.0. The number of ether oxygens (including phenoxy) is 2. The molecule has 8 atom stereocenters. The molecule has 0 aliphatic heterocycles. The Balaban J connectivity index is 2.54. The highest BCUT2D eigenvalue weighted by molar-refractivity contribution is 7.47. The van der Waals surface area contributed by atoms with Crippen molar-refractivity contribution in [1.82, 2.24) is 0 Å². The molecule has 1 saturated carbocycles. The van der Waals surface area contributed by atoms with Crippen molar-refractivity contribution in [3.8, 4) is 0 Å². The van der Waals surface area contributed by atoms with Crippen molar-refractivity contribution < 1.29 is 76.9 Å². The van der Waals surface area contributed by atoms with Crippen molar-refractivity contribution in [1.29, 1.82) is 0 Å². The number of carbonyl (C=O) groups excluding carboxylic acids is 2. The van der Waals surface area contributed by atoms with Crippen molar-refractivity contribution in [3.63, 3.8) is 0 Å². The molecule has 18 heteroatoms. The maximum absolute atomic E-state index is 12.8. The van der Waals surface area contributed by atoms with Crippen LogP contribution in [0, 0.1) is 11.8 Å². The molecule has 0 spiro atoms. The molecular formula is C46H80O16P2. The summed E-state index contributed by atoms with van der Waals surface area (Å²) in [6, 6.07) is 0. The standard InChI is InChI=1S/C46H80O16P2/c1-3-5-7-8-9-10-11-12-13-14-15-16-17-18-19-20-25-29-45(51)58-36-40(37-61-64(56,57)60-35-39(48)34-59-63(53,54)55)62-46(52)30-26-22-21-24-28-41-42(44(50)33-43(41)49)32-31-38(47)27-23-6-4-2/h5,7,9-10,12-13,15-16,31-32,38-44,47-50H,3-4,6,8,11,14,17-30,33-37H2,1-2H3,(H,56,57)(H2,53,54,55)/b7-5-,10-9-,13-12-,16-15-,32-31+/t38-,39-,40+,41+,42+,43-,44+/m0/s1. The van der Waals surface area contributed by atoms with Gasteiger partial charge >= 0.3 is 27.6 Å². The minimum absolute atomic E-state index is 0.00351. The van der Waals surface area contributed by atoms with Crippen LogP contribution in [0.2, 0.25) is 0 Å². The summed E-state index contributed by atoms with van der Waals surface area (Å²) >= 11 is 0. The zero-order valence-electron chi connectivity index (χ0n) is 38.2. The first-order chi connectivity index (χ1) is 30.6. The molecule has 0 heterocycles. The predicted molar refractivity (Wildman–Crippen MR) is 246 cm³/mol. The number of hydrogen-bond donors (Lipinski definition) is 7. The van der Waals surface area contributed by atoms with Crippen LogP contribution in [0.5, 0.6) is 0 Å². The van der Waals surface area contributed by atoms with Crippen molar-refractivity contribution in [2.75, 3.05) is 26.4 Å². The van der Waals surface area contributed by atoms with E-state index >= 15 is 0 Å². The molecule has 0 saturated heterocycles. The fraction of sp³-hybridized carbons (Fsp3) is 0.739. The lowest BCUT2D eigenvalue weighted by molar-refractivity contribution is -0.161. The number of phosphoric ester groups is 2. The number of rotatable bonds is 39. The Bertz CT molecular complexity index is 1480. The number of aliphatic hydroxyl groups is 4. The van der Waals surface area contributed by atoms with Gasteiger partial charge in [0.15, 0.2) is 6.10 Å². The van der Waals surface area contributed by atoms with Crippen molar-refractivity contribution >= 4 is 27.6 Å². The highest BCUT2D eigenvalue weighted by Gasteiger charge is 2.39. The van der Waals surface area contributed by atoms with E-state index in [1.165, 1.54) is 0 Å². The molecule has 64 heavy (non-hydrogen) atoms. The molecule has 0 bridgehead atoms. The van der Waals surface area contributed by atoms with Crippen LogP contribution in [0.4, 0.5) is 0 Å². The van der Waals surface area contributed by atoms with Gasteiger partial charge in [-0.05, 0) is 70.1 Å². The first kappa shape index (κ1) is 59.7. The summed E-state index contributed by atoms with van der Waals surface area (Å²) in [6.07, 6.45) is 31.3. The van der Waals surface area contributed by atoms with Crippen LogP contribution in [-0.2, 0) is 41.8 Å². The Hall–Kier alpha value is -2.30. The number of allylic oxidation sites excluding steroid dienone is 8. The van der Waals surface area contributed by atoms with Crippen molar-refractivity contribution in [2.24, 2.45) is 11.8 Å². The Morgan fingerprint density at radius 1 is 0.656 bits per heavy atom. The maximum atomic E-state index is 12.8. The maximum Gasteiger partial charge on any atom is 0.472 e. The Morgan fingerprint density at radius 2 is 1.23 bits per heavy atom. The summed E-state index contributed by atoms with van der Waals surface area (Å²) in [4.78, 5) is 53.0. The second kappa shape index (κ2) is 36.8. The van der Waals surface area contributed by atoms with Gasteiger partial charge in [0.2, 0.25) is 0 Å². The summed E-state index contributed by atoms with van der Waals surface area (Å²) in [5, 5.41) is 41.2. The summed E-state index contributed by atoms with van der Waals surface area (Å²) in [5.74, 6) is -1.60. The number of unbranched alkanes of at least 4 members (excludes halogenated alkanes) is 9. The molecule has 1 rings (SSSR count). The van der Waals surface area contributed by atoms with E-state index in [9.17, 15) is 44.0 Å². The van der Waals surface area contributed by atoms with E-state index in [1.807, 2.05) is 6.08 Å². The van der Waals surface area contributed by atoms with Crippen LogP contribution < -0.4 is 0 Å². The number of aliphatic hydroxyl groups excluding tert-OH is 4. The molecule has 1 fully saturated rings. The number of phosphoric acid groups is 2. The Morgan fingerprint density at radius 3 is 1.88 bits per heavy atom. The largest absolute Gasteiger partial charge is 0.472 e. The number of hydrogen-bond acceptors (Lipinski definition) is 13. The van der Waals surface area contributed by atoms with Crippen LogP contribution in [-0.4, -0.2) is 104 Å². The van der Waals surface area contributed by atoms with E-state index in [0.29, 0.717) is 32.1 Å². The minimum atomic E-state index is -4.90. The van der Waals surface area contributed by atoms with Crippen LogP contribution in [0.25, 0.3) is 0 Å². The van der Waals surface area contributed by atoms with Crippen LogP contribution in [0.3, 0.4) is 0 Å². The van der Waals surface area contributed by atoms with Crippen molar-refractivity contribution in [3.05, 3.63) is 60.8 Å². The Labute approximate surface area is 381 Å². The smallest absolute Gasteiger partial charge is 0.462 e. The second-order valence-corrected chi connectivity index (χ2v) is 19.0. The molecule has 1 aliphatic rings. The van der Waals surface area contributed by atoms with Crippen LogP contribution >= 0.6 is 15.6 Å². The fourth-order valence-electron chi connectivity index (χ4n) is 6.96. The average Bonchev–Trinajstić information content (AvgIpc) is 3.51. The first-order valence-electron chi connectivity index (χ1n) is 23.2. The van der Waals surface area contributed by atoms with Gasteiger partial charge in [0, 0.05) is 25.2 Å². The van der Waals surface area contributed by atoms with E-state index in [-0.39, 0.29) is 31.1 Å². The lowest BCUT2D eigenvalue weighted by Gasteiger charge is -2.21. The zero-order chi connectivity index (χ0) is 47.5.